The van der Waals surface area contributed by atoms with Gasteiger partial charge in [0.1, 0.15) is 0 Å². The maximum Gasteiger partial charge on any atom is 0.337 e. The van der Waals surface area contributed by atoms with E-state index < -0.39 is 17.8 Å². The SMILES string of the molecule is O=C(O)C(O)c1ccccc1[O-]. The largest absolute Gasteiger partial charge is 0.872 e. The van der Waals surface area contributed by atoms with Crippen LogP contribution in [0, 0.1) is 0 Å². The highest BCUT2D eigenvalue weighted by Gasteiger charge is 2.15. The lowest BCUT2D eigenvalue weighted by Crippen LogP contribution is -2.12. The average Bonchev–Trinajstić information content (AvgIpc) is 2.04. The van der Waals surface area contributed by atoms with E-state index in [0.29, 0.717) is 0 Å². The fourth-order valence-corrected chi connectivity index (χ4v) is 0.839. The molecule has 1 rings (SSSR count). The van der Waals surface area contributed by atoms with E-state index in [9.17, 15) is 9.90 Å². The first kappa shape index (κ1) is 8.55. The van der Waals surface area contributed by atoms with Crippen molar-refractivity contribution in [1.29, 1.82) is 0 Å². The van der Waals surface area contributed by atoms with E-state index in [0.717, 1.165) is 0 Å². The van der Waals surface area contributed by atoms with Crippen LogP contribution < -0.4 is 5.11 Å². The predicted molar refractivity (Wildman–Crippen MR) is 38.5 cm³/mol. The Morgan fingerprint density at radius 1 is 1.42 bits per heavy atom. The lowest BCUT2D eigenvalue weighted by molar-refractivity contribution is -0.270. The molecular weight excluding hydrogens is 160 g/mol. The zero-order valence-corrected chi connectivity index (χ0v) is 6.10. The van der Waals surface area contributed by atoms with Crippen molar-refractivity contribution in [3.63, 3.8) is 0 Å². The molecular formula is C8H7O4-. The number of rotatable bonds is 2. The van der Waals surface area contributed by atoms with Crippen molar-refractivity contribution < 1.29 is 20.1 Å². The molecule has 0 aliphatic carbocycles. The Balaban J connectivity index is 3.02. The third-order valence-corrected chi connectivity index (χ3v) is 1.45. The van der Waals surface area contributed by atoms with Crippen molar-refractivity contribution >= 4 is 5.97 Å². The molecule has 4 nitrogen and oxygen atoms in total. The molecule has 0 heterocycles. The first-order chi connectivity index (χ1) is 5.63. The molecule has 0 radical (unpaired) electrons. The van der Waals surface area contributed by atoms with Crippen LogP contribution in [0.25, 0.3) is 0 Å². The second kappa shape index (κ2) is 3.23. The monoisotopic (exact) mass is 167 g/mol. The Labute approximate surface area is 68.7 Å². The van der Waals surface area contributed by atoms with Gasteiger partial charge in [0.15, 0.2) is 6.10 Å². The van der Waals surface area contributed by atoms with Crippen LogP contribution >= 0.6 is 0 Å². The van der Waals surface area contributed by atoms with Crippen LogP contribution in [-0.2, 0) is 4.79 Å². The fourth-order valence-electron chi connectivity index (χ4n) is 0.839. The number of carbonyl (C=O) groups is 1. The third-order valence-electron chi connectivity index (χ3n) is 1.45. The van der Waals surface area contributed by atoms with Crippen molar-refractivity contribution in [2.45, 2.75) is 6.10 Å². The van der Waals surface area contributed by atoms with E-state index in [-0.39, 0.29) is 5.56 Å². The number of carboxylic acids is 1. The van der Waals surface area contributed by atoms with Gasteiger partial charge in [-0.25, -0.2) is 4.79 Å². The van der Waals surface area contributed by atoms with Crippen molar-refractivity contribution in [3.8, 4) is 5.75 Å². The maximum atomic E-state index is 10.9. The molecule has 0 amide bonds. The summed E-state index contributed by atoms with van der Waals surface area (Å²) in [6, 6.07) is 5.49. The summed E-state index contributed by atoms with van der Waals surface area (Å²) in [6.45, 7) is 0. The van der Waals surface area contributed by atoms with Gasteiger partial charge in [0, 0.05) is 0 Å². The Morgan fingerprint density at radius 3 is 2.50 bits per heavy atom. The van der Waals surface area contributed by atoms with Gasteiger partial charge < -0.3 is 15.3 Å². The zero-order chi connectivity index (χ0) is 9.14. The summed E-state index contributed by atoms with van der Waals surface area (Å²) in [5, 5.41) is 28.3. The number of aliphatic hydroxyl groups is 1. The molecule has 0 fully saturated rings. The smallest absolute Gasteiger partial charge is 0.337 e. The molecule has 0 aliphatic rings. The van der Waals surface area contributed by atoms with E-state index in [1.165, 1.54) is 24.3 Å². The summed E-state index contributed by atoms with van der Waals surface area (Å²) in [5.41, 5.74) is -0.106. The summed E-state index contributed by atoms with van der Waals surface area (Å²) in [4.78, 5) is 10.3. The van der Waals surface area contributed by atoms with Crippen LogP contribution in [0.4, 0.5) is 0 Å². The highest BCUT2D eigenvalue weighted by atomic mass is 16.4. The first-order valence-corrected chi connectivity index (χ1v) is 3.29. The molecule has 1 aromatic rings. The van der Waals surface area contributed by atoms with Crippen molar-refractivity contribution in [2.24, 2.45) is 0 Å². The normalized spacial score (nSPS) is 12.4. The van der Waals surface area contributed by atoms with Gasteiger partial charge in [-0.15, -0.1) is 5.75 Å². The minimum Gasteiger partial charge on any atom is -0.872 e. The van der Waals surface area contributed by atoms with Gasteiger partial charge >= 0.3 is 5.97 Å². The summed E-state index contributed by atoms with van der Waals surface area (Å²) in [7, 11) is 0. The molecule has 12 heavy (non-hydrogen) atoms. The van der Waals surface area contributed by atoms with Gasteiger partial charge in [-0.1, -0.05) is 24.3 Å². The first-order valence-electron chi connectivity index (χ1n) is 3.29. The number of hydrogen-bond donors (Lipinski definition) is 2. The maximum absolute atomic E-state index is 10.9. The van der Waals surface area contributed by atoms with E-state index in [1.54, 1.807) is 0 Å². The molecule has 4 heteroatoms. The topological polar surface area (TPSA) is 80.6 Å². The van der Waals surface area contributed by atoms with Crippen molar-refractivity contribution in [1.82, 2.24) is 0 Å². The van der Waals surface area contributed by atoms with Gasteiger partial charge in [0.25, 0.3) is 0 Å². The molecule has 1 unspecified atom stereocenters. The molecule has 0 saturated carbocycles. The molecule has 1 atom stereocenters. The summed E-state index contributed by atoms with van der Waals surface area (Å²) in [6.07, 6.45) is -1.72. The minimum atomic E-state index is -1.72. The van der Waals surface area contributed by atoms with Crippen LogP contribution in [0.15, 0.2) is 24.3 Å². The molecule has 0 aromatic heterocycles. The Bertz CT molecular complexity index is 295. The number of hydrogen-bond acceptors (Lipinski definition) is 3. The van der Waals surface area contributed by atoms with Gasteiger partial charge in [0.05, 0.1) is 0 Å². The quantitative estimate of drug-likeness (QED) is 0.643. The molecule has 64 valence electrons. The van der Waals surface area contributed by atoms with E-state index in [2.05, 4.69) is 0 Å². The summed E-state index contributed by atoms with van der Waals surface area (Å²) in [5.74, 6) is -1.88. The molecule has 0 bridgehead atoms. The molecule has 1 aromatic carbocycles. The number of para-hydroxylation sites is 1. The summed E-state index contributed by atoms with van der Waals surface area (Å²) < 4.78 is 0. The Hall–Kier alpha value is -1.55. The average molecular weight is 167 g/mol. The predicted octanol–water partition coefficient (Wildman–Crippen LogP) is -0.122. The van der Waals surface area contributed by atoms with Gasteiger partial charge in [-0.3, -0.25) is 0 Å². The van der Waals surface area contributed by atoms with Crippen LogP contribution in [-0.4, -0.2) is 16.2 Å². The van der Waals surface area contributed by atoms with Gasteiger partial charge in [0.2, 0.25) is 0 Å². The van der Waals surface area contributed by atoms with Crippen molar-refractivity contribution in [3.05, 3.63) is 29.8 Å². The van der Waals surface area contributed by atoms with Crippen LogP contribution in [0.1, 0.15) is 11.7 Å². The Kier molecular flexibility index (Phi) is 2.30. The third kappa shape index (κ3) is 1.54. The second-order valence-electron chi connectivity index (χ2n) is 2.28. The van der Waals surface area contributed by atoms with E-state index in [4.69, 9.17) is 10.2 Å². The van der Waals surface area contributed by atoms with Crippen LogP contribution in [0.5, 0.6) is 5.75 Å². The molecule has 0 aliphatic heterocycles. The lowest BCUT2D eigenvalue weighted by atomic mass is 10.1. The fraction of sp³-hybridized carbons (Fsp3) is 0.125. The Morgan fingerprint density at radius 2 is 2.00 bits per heavy atom. The number of aliphatic carboxylic acids is 1. The highest BCUT2D eigenvalue weighted by molar-refractivity contribution is 5.74. The standard InChI is InChI=1S/C8H8O4/c9-6-4-2-1-3-5(6)7(10)8(11)12/h1-4,7,9-10H,(H,11,12)/p-1. The van der Waals surface area contributed by atoms with Gasteiger partial charge in [-0.05, 0) is 5.56 Å². The summed E-state index contributed by atoms with van der Waals surface area (Å²) >= 11 is 0. The number of aliphatic hydroxyl groups excluding tert-OH is 1. The number of carboxylic acid groups (broad SMARTS) is 1. The van der Waals surface area contributed by atoms with Crippen molar-refractivity contribution in [2.75, 3.05) is 0 Å². The van der Waals surface area contributed by atoms with Gasteiger partial charge in [-0.2, -0.15) is 0 Å². The van der Waals surface area contributed by atoms with E-state index >= 15 is 0 Å². The second-order valence-corrected chi connectivity index (χ2v) is 2.28. The molecule has 0 spiro atoms. The lowest BCUT2D eigenvalue weighted by Gasteiger charge is -2.14. The number of benzene rings is 1. The molecule has 0 saturated heterocycles. The van der Waals surface area contributed by atoms with Crippen LogP contribution in [0.2, 0.25) is 0 Å². The zero-order valence-electron chi connectivity index (χ0n) is 6.10. The van der Waals surface area contributed by atoms with E-state index in [1.807, 2.05) is 0 Å². The highest BCUT2D eigenvalue weighted by Crippen LogP contribution is 2.20. The molecule has 2 N–H and O–H groups in total. The minimum absolute atomic E-state index is 0.106. The van der Waals surface area contributed by atoms with Crippen LogP contribution in [0.3, 0.4) is 0 Å².